The molecule has 1 N–H and O–H groups in total. The van der Waals surface area contributed by atoms with E-state index in [1.807, 2.05) is 0 Å². The zero-order valence-electron chi connectivity index (χ0n) is 36.6. The van der Waals surface area contributed by atoms with Crippen LogP contribution in [0.4, 0.5) is 49.6 Å². The molecule has 362 valence electrons. The number of carboxylic acids is 1. The molecule has 5 aromatic rings. The molecule has 0 radical (unpaired) electrons. The first kappa shape index (κ1) is 53.5. The van der Waals surface area contributed by atoms with E-state index in [-0.39, 0.29) is 28.7 Å². The molecule has 5 heterocycles. The number of hydrogen-bond acceptors (Lipinski definition) is 7. The predicted octanol–water partition coefficient (Wildman–Crippen LogP) is 10.8. The second kappa shape index (κ2) is 18.5. The summed E-state index contributed by atoms with van der Waals surface area (Å²) in [7, 11) is 0. The van der Waals surface area contributed by atoms with Gasteiger partial charge in [0.25, 0.3) is 5.91 Å². The van der Waals surface area contributed by atoms with Gasteiger partial charge in [0.1, 0.15) is 16.9 Å². The third kappa shape index (κ3) is 10.4. The van der Waals surface area contributed by atoms with Gasteiger partial charge in [-0.1, -0.05) is 34.8 Å². The maximum Gasteiger partial charge on any atom is 0.436 e. The van der Waals surface area contributed by atoms with Crippen LogP contribution in [0.3, 0.4) is 0 Å². The van der Waals surface area contributed by atoms with Crippen LogP contribution in [0.1, 0.15) is 94.7 Å². The molecule has 0 atom stereocenters. The summed E-state index contributed by atoms with van der Waals surface area (Å²) in [6, 6.07) is 5.81. The number of carboxylic acid groups (broad SMARTS) is 1. The molecule has 66 heavy (non-hydrogen) atoms. The molecule has 26 heteroatoms. The average Bonchev–Trinajstić information content (AvgIpc) is 3.94. The number of rotatable bonds is 7. The lowest BCUT2D eigenvalue weighted by molar-refractivity contribution is -0.148. The number of nitrogens with zero attached hydrogens (tertiary/aromatic N) is 9. The van der Waals surface area contributed by atoms with E-state index < -0.39 is 79.2 Å². The summed E-state index contributed by atoms with van der Waals surface area (Å²) in [5.41, 5.74) is -5.74. The number of carbonyl (C=O) groups is 3. The first-order valence-corrected chi connectivity index (χ1v) is 20.4. The minimum absolute atomic E-state index is 0.0357. The highest BCUT2D eigenvalue weighted by atomic mass is 35.5. The van der Waals surface area contributed by atoms with Crippen molar-refractivity contribution in [2.45, 2.75) is 117 Å². The number of aliphatic carboxylic acids is 1. The van der Waals surface area contributed by atoms with Crippen molar-refractivity contribution in [2.75, 3.05) is 11.4 Å². The van der Waals surface area contributed by atoms with Gasteiger partial charge >= 0.3 is 24.5 Å². The molecule has 1 aliphatic rings. The van der Waals surface area contributed by atoms with Gasteiger partial charge in [0.15, 0.2) is 28.4 Å². The Kier molecular flexibility index (Phi) is 15.0. The lowest BCUT2D eigenvalue weighted by Crippen LogP contribution is -2.49. The predicted molar refractivity (Wildman–Crippen MR) is 221 cm³/mol. The highest BCUT2D eigenvalue weighted by Gasteiger charge is 2.45. The van der Waals surface area contributed by atoms with Crippen LogP contribution in [0.5, 0.6) is 0 Å². The number of alkyl halides is 9. The van der Waals surface area contributed by atoms with Crippen LogP contribution in [-0.4, -0.2) is 68.4 Å². The van der Waals surface area contributed by atoms with Gasteiger partial charge in [-0.15, -0.1) is 0 Å². The zero-order valence-corrected chi connectivity index (χ0v) is 38.9. The van der Waals surface area contributed by atoms with E-state index in [1.54, 1.807) is 16.8 Å². The van der Waals surface area contributed by atoms with Crippen molar-refractivity contribution in [1.29, 1.82) is 0 Å². The van der Waals surface area contributed by atoms with Crippen molar-refractivity contribution >= 4 is 58.1 Å². The fourth-order valence-electron chi connectivity index (χ4n) is 6.65. The number of carbonyl (C=O) groups excluding carboxylic acids is 2. The standard InChI is InChI=1S/C21H20ClF4N5O.C10H12ClF3N2O.C9H10ClF3N2O2/c1-12-17(22)18(21(24,25)26)28-31(12)20(2,3)19(32)29-10-4-5-15-16(29)11-27-30(15)14-8-6-13(23)7-9-14;1-5-7(11)8(10(12,13)14)15-16(5)9(3,4)6(2)17;1-4-5(10)6(9(11,12)13)14-15(4)8(2,3)7(16)17/h6-9,11H,4-5,10H2,1-3H3;1-4H3;1-3H3,(H,16,17). The van der Waals surface area contributed by atoms with Crippen LogP contribution < -0.4 is 4.90 Å². The van der Waals surface area contributed by atoms with Crippen molar-refractivity contribution in [1.82, 2.24) is 39.1 Å². The largest absolute Gasteiger partial charge is 0.479 e. The number of aromatic nitrogens is 8. The summed E-state index contributed by atoms with van der Waals surface area (Å²) in [4.78, 5) is 37.4. The zero-order chi connectivity index (χ0) is 50.6. The van der Waals surface area contributed by atoms with Gasteiger partial charge in [0.2, 0.25) is 0 Å². The molecule has 1 aliphatic heterocycles. The van der Waals surface area contributed by atoms with E-state index in [2.05, 4.69) is 20.4 Å². The van der Waals surface area contributed by atoms with Crippen LogP contribution >= 0.6 is 34.8 Å². The third-order valence-electron chi connectivity index (χ3n) is 10.7. The Bertz CT molecular complexity index is 2550. The molecule has 1 amide bonds. The number of Topliss-reactive ketones (excluding diaryl/α,β-unsaturated/α-hetero) is 1. The van der Waals surface area contributed by atoms with Gasteiger partial charge in [0.05, 0.1) is 55.4 Å². The fraction of sp³-hybridized carbons (Fsp3) is 0.475. The smallest absolute Gasteiger partial charge is 0.436 e. The molecule has 0 saturated heterocycles. The van der Waals surface area contributed by atoms with Gasteiger partial charge in [-0.05, 0) is 106 Å². The molecular weight excluding hydrogens is 967 g/mol. The van der Waals surface area contributed by atoms with Crippen LogP contribution in [-0.2, 0) is 56.0 Å². The Morgan fingerprint density at radius 2 is 1.02 bits per heavy atom. The summed E-state index contributed by atoms with van der Waals surface area (Å²) >= 11 is 17.0. The summed E-state index contributed by atoms with van der Waals surface area (Å²) in [6.45, 7) is 14.2. The quantitative estimate of drug-likeness (QED) is 0.159. The molecule has 0 spiro atoms. The maximum absolute atomic E-state index is 13.6. The fourth-order valence-corrected chi connectivity index (χ4v) is 7.33. The van der Waals surface area contributed by atoms with E-state index in [0.717, 1.165) is 19.7 Å². The van der Waals surface area contributed by atoms with Crippen LogP contribution in [0.2, 0.25) is 15.1 Å². The van der Waals surface area contributed by atoms with Gasteiger partial charge in [-0.3, -0.25) is 23.6 Å². The molecule has 1 aromatic carbocycles. The number of anilines is 1. The number of hydrogen-bond donors (Lipinski definition) is 1. The van der Waals surface area contributed by atoms with E-state index in [9.17, 15) is 58.3 Å². The van der Waals surface area contributed by atoms with Crippen molar-refractivity contribution in [2.24, 2.45) is 0 Å². The summed E-state index contributed by atoms with van der Waals surface area (Å²) < 4.78 is 133. The second-order valence-corrected chi connectivity index (χ2v) is 17.6. The molecule has 13 nitrogen and oxygen atoms in total. The maximum atomic E-state index is 13.6. The van der Waals surface area contributed by atoms with E-state index in [4.69, 9.17) is 39.9 Å². The highest BCUT2D eigenvalue weighted by molar-refractivity contribution is 6.32. The topological polar surface area (TPSA) is 146 Å². The van der Waals surface area contributed by atoms with E-state index >= 15 is 0 Å². The second-order valence-electron chi connectivity index (χ2n) is 16.4. The summed E-state index contributed by atoms with van der Waals surface area (Å²) in [5, 5.41) is 22.0. The Balaban J connectivity index is 0.000000238. The number of ketones is 1. The SMILES string of the molecule is CC(=O)C(C)(C)n1nc(C(F)(F)F)c(Cl)c1C.Cc1c(Cl)c(C(F)(F)F)nn1C(C)(C)C(=O)N1CCCc2c1cnn2-c1ccc(F)cc1.Cc1c(Cl)c(C(F)(F)F)nn1C(C)(C)C(=O)O. The van der Waals surface area contributed by atoms with Crippen molar-refractivity contribution in [3.05, 3.63) is 91.2 Å². The van der Waals surface area contributed by atoms with Gasteiger partial charge < -0.3 is 10.0 Å². The minimum atomic E-state index is -4.74. The normalized spacial score (nSPS) is 13.7. The molecule has 0 saturated carbocycles. The van der Waals surface area contributed by atoms with Crippen LogP contribution in [0.25, 0.3) is 5.69 Å². The lowest BCUT2D eigenvalue weighted by atomic mass is 10.00. The monoisotopic (exact) mass is 1010 g/mol. The molecule has 0 fully saturated rings. The molecular formula is C40H42Cl3F10N9O4. The molecule has 0 unspecified atom stereocenters. The molecule has 6 rings (SSSR count). The van der Waals surface area contributed by atoms with Crippen LogP contribution in [0, 0.1) is 26.6 Å². The number of amides is 1. The van der Waals surface area contributed by atoms with E-state index in [1.165, 1.54) is 92.5 Å². The minimum Gasteiger partial charge on any atom is -0.479 e. The molecule has 0 bridgehead atoms. The molecule has 0 aliphatic carbocycles. The summed E-state index contributed by atoms with van der Waals surface area (Å²) in [6.07, 6.45) is -11.3. The van der Waals surface area contributed by atoms with Crippen molar-refractivity contribution < 1.29 is 63.4 Å². The van der Waals surface area contributed by atoms with Gasteiger partial charge in [-0.2, -0.15) is 59.9 Å². The Morgan fingerprint density at radius 3 is 1.36 bits per heavy atom. The number of fused-ring (bicyclic) bond motifs is 1. The van der Waals surface area contributed by atoms with E-state index in [0.29, 0.717) is 30.8 Å². The number of benzene rings is 1. The first-order valence-electron chi connectivity index (χ1n) is 19.3. The Morgan fingerprint density at radius 1 is 0.636 bits per heavy atom. The summed E-state index contributed by atoms with van der Waals surface area (Å²) in [5.74, 6) is -2.41. The number of halogens is 13. The van der Waals surface area contributed by atoms with Crippen LogP contribution in [0.15, 0.2) is 30.5 Å². The first-order chi connectivity index (χ1) is 29.9. The average molecular weight is 1010 g/mol. The Labute approximate surface area is 385 Å². The third-order valence-corrected chi connectivity index (χ3v) is 12.0. The highest BCUT2D eigenvalue weighted by Crippen LogP contribution is 2.40. The van der Waals surface area contributed by atoms with Crippen molar-refractivity contribution in [3.63, 3.8) is 0 Å². The molecule has 4 aromatic heterocycles. The van der Waals surface area contributed by atoms with Gasteiger partial charge in [0, 0.05) is 6.54 Å². The van der Waals surface area contributed by atoms with Crippen molar-refractivity contribution in [3.8, 4) is 5.69 Å². The Hall–Kier alpha value is -5.16. The lowest BCUT2D eigenvalue weighted by Gasteiger charge is -2.35. The van der Waals surface area contributed by atoms with Gasteiger partial charge in [-0.25, -0.2) is 13.9 Å².